The molecular formula is C13H12N2O3. The van der Waals surface area contributed by atoms with Crippen LogP contribution in [0.3, 0.4) is 0 Å². The Morgan fingerprint density at radius 2 is 1.89 bits per heavy atom. The van der Waals surface area contributed by atoms with Gasteiger partial charge in [0.05, 0.1) is 5.69 Å². The number of allylic oxidation sites excluding steroid dienone is 1. The number of urea groups is 1. The van der Waals surface area contributed by atoms with Crippen LogP contribution in [0.4, 0.5) is 10.5 Å². The summed E-state index contributed by atoms with van der Waals surface area (Å²) in [6.45, 7) is 3.50. The first-order chi connectivity index (χ1) is 8.65. The predicted molar refractivity (Wildman–Crippen MR) is 65.8 cm³/mol. The fraction of sp³-hybridized carbons (Fsp3) is 0.154. The zero-order chi connectivity index (χ0) is 13.1. The van der Waals surface area contributed by atoms with E-state index < -0.39 is 23.8 Å². The molecule has 1 aliphatic heterocycles. The largest absolute Gasteiger partial charge is 0.335 e. The molecule has 1 atom stereocenters. The Morgan fingerprint density at radius 3 is 2.50 bits per heavy atom. The maximum atomic E-state index is 12.1. The monoisotopic (exact) mass is 244 g/mol. The minimum absolute atomic E-state index is 0.210. The summed E-state index contributed by atoms with van der Waals surface area (Å²) in [5, 5.41) is 2.17. The van der Waals surface area contributed by atoms with Crippen molar-refractivity contribution in [2.75, 3.05) is 4.90 Å². The lowest BCUT2D eigenvalue weighted by Crippen LogP contribution is -2.58. The van der Waals surface area contributed by atoms with Gasteiger partial charge < -0.3 is 0 Å². The number of barbiturate groups is 1. The van der Waals surface area contributed by atoms with Crippen LogP contribution in [0.15, 0.2) is 43.0 Å². The van der Waals surface area contributed by atoms with E-state index in [0.29, 0.717) is 5.69 Å². The predicted octanol–water partition coefficient (Wildman–Crippen LogP) is 1.46. The fourth-order valence-corrected chi connectivity index (χ4v) is 1.81. The van der Waals surface area contributed by atoms with Gasteiger partial charge in [-0.2, -0.15) is 0 Å². The average Bonchev–Trinajstić information content (AvgIpc) is 2.35. The third-order valence-corrected chi connectivity index (χ3v) is 2.68. The van der Waals surface area contributed by atoms with Gasteiger partial charge in [-0.05, 0) is 18.6 Å². The van der Waals surface area contributed by atoms with E-state index in [9.17, 15) is 14.4 Å². The van der Waals surface area contributed by atoms with Crippen molar-refractivity contribution in [1.29, 1.82) is 0 Å². The molecule has 1 unspecified atom stereocenters. The van der Waals surface area contributed by atoms with Gasteiger partial charge in [-0.3, -0.25) is 14.9 Å². The molecule has 1 aromatic carbocycles. The summed E-state index contributed by atoms with van der Waals surface area (Å²) in [5.41, 5.74) is 0.446. The Balaban J connectivity index is 2.35. The topological polar surface area (TPSA) is 66.5 Å². The van der Waals surface area contributed by atoms with Crippen molar-refractivity contribution < 1.29 is 14.4 Å². The zero-order valence-electron chi connectivity index (χ0n) is 9.63. The molecule has 1 heterocycles. The minimum Gasteiger partial charge on any atom is -0.277 e. The number of carbonyl (C=O) groups is 3. The molecule has 0 saturated carbocycles. The summed E-state index contributed by atoms with van der Waals surface area (Å²) in [5.74, 6) is -1.98. The van der Waals surface area contributed by atoms with Gasteiger partial charge in [-0.15, -0.1) is 6.58 Å². The lowest BCUT2D eigenvalue weighted by atomic mass is 10.0. The number of amides is 4. The van der Waals surface area contributed by atoms with Crippen LogP contribution in [0.1, 0.15) is 6.42 Å². The molecule has 0 spiro atoms. The smallest absolute Gasteiger partial charge is 0.277 e. The number of imide groups is 2. The summed E-state index contributed by atoms with van der Waals surface area (Å²) in [6, 6.07) is 7.78. The van der Waals surface area contributed by atoms with E-state index in [1.807, 2.05) is 0 Å². The van der Waals surface area contributed by atoms with E-state index in [2.05, 4.69) is 11.9 Å². The van der Waals surface area contributed by atoms with Crippen molar-refractivity contribution in [3.8, 4) is 0 Å². The SMILES string of the molecule is C=CCC1C(=O)NC(=O)N(c2ccccc2)C1=O. The van der Waals surface area contributed by atoms with Gasteiger partial charge in [0.2, 0.25) is 11.8 Å². The summed E-state index contributed by atoms with van der Waals surface area (Å²) in [6.07, 6.45) is 1.70. The molecular weight excluding hydrogens is 232 g/mol. The second-order valence-corrected chi connectivity index (χ2v) is 3.88. The van der Waals surface area contributed by atoms with E-state index in [1.54, 1.807) is 30.3 Å². The van der Waals surface area contributed by atoms with Crippen molar-refractivity contribution in [3.63, 3.8) is 0 Å². The normalized spacial score (nSPS) is 19.7. The van der Waals surface area contributed by atoms with Crippen LogP contribution in [-0.4, -0.2) is 17.8 Å². The van der Waals surface area contributed by atoms with Gasteiger partial charge in [0, 0.05) is 0 Å². The molecule has 0 radical (unpaired) electrons. The molecule has 0 bridgehead atoms. The van der Waals surface area contributed by atoms with E-state index >= 15 is 0 Å². The first-order valence-electron chi connectivity index (χ1n) is 5.50. The Labute approximate surface area is 104 Å². The lowest BCUT2D eigenvalue weighted by molar-refractivity contribution is -0.134. The third-order valence-electron chi connectivity index (χ3n) is 2.68. The molecule has 1 aliphatic rings. The number of nitrogens with zero attached hydrogens (tertiary/aromatic N) is 1. The Hall–Kier alpha value is -2.43. The lowest BCUT2D eigenvalue weighted by Gasteiger charge is -2.29. The van der Waals surface area contributed by atoms with Gasteiger partial charge in [-0.1, -0.05) is 24.3 Å². The van der Waals surface area contributed by atoms with Gasteiger partial charge in [0.15, 0.2) is 0 Å². The summed E-state index contributed by atoms with van der Waals surface area (Å²) in [4.78, 5) is 36.4. The highest BCUT2D eigenvalue weighted by molar-refractivity contribution is 6.27. The van der Waals surface area contributed by atoms with Gasteiger partial charge >= 0.3 is 6.03 Å². The molecule has 4 amide bonds. The molecule has 0 aliphatic carbocycles. The standard InChI is InChI=1S/C13H12N2O3/c1-2-6-10-11(16)14-13(18)15(12(10)17)9-7-4-3-5-8-9/h2-5,7-8,10H,1,6H2,(H,14,16,18). The number of benzene rings is 1. The molecule has 92 valence electrons. The number of para-hydroxylation sites is 1. The molecule has 1 aromatic rings. The second kappa shape index (κ2) is 4.83. The summed E-state index contributed by atoms with van der Waals surface area (Å²) < 4.78 is 0. The van der Waals surface area contributed by atoms with Crippen LogP contribution in [0.5, 0.6) is 0 Å². The van der Waals surface area contributed by atoms with Crippen LogP contribution in [0.25, 0.3) is 0 Å². The van der Waals surface area contributed by atoms with E-state index in [-0.39, 0.29) is 6.42 Å². The molecule has 0 aromatic heterocycles. The van der Waals surface area contributed by atoms with Crippen molar-refractivity contribution in [2.45, 2.75) is 6.42 Å². The number of anilines is 1. The van der Waals surface area contributed by atoms with Gasteiger partial charge in [0.25, 0.3) is 0 Å². The highest BCUT2D eigenvalue weighted by atomic mass is 16.2. The minimum atomic E-state index is -0.889. The first kappa shape index (κ1) is 12.0. The Kier molecular flexibility index (Phi) is 3.23. The van der Waals surface area contributed by atoms with Crippen LogP contribution in [-0.2, 0) is 9.59 Å². The Morgan fingerprint density at radius 1 is 1.22 bits per heavy atom. The first-order valence-corrected chi connectivity index (χ1v) is 5.50. The molecule has 1 fully saturated rings. The summed E-state index contributed by atoms with van der Waals surface area (Å²) >= 11 is 0. The van der Waals surface area contributed by atoms with Crippen molar-refractivity contribution in [2.24, 2.45) is 5.92 Å². The molecule has 5 heteroatoms. The zero-order valence-corrected chi connectivity index (χ0v) is 9.63. The van der Waals surface area contributed by atoms with Crippen molar-refractivity contribution >= 4 is 23.5 Å². The highest BCUT2D eigenvalue weighted by Gasteiger charge is 2.40. The second-order valence-electron chi connectivity index (χ2n) is 3.88. The van der Waals surface area contributed by atoms with Gasteiger partial charge in [0.1, 0.15) is 5.92 Å². The molecule has 1 N–H and O–H groups in total. The van der Waals surface area contributed by atoms with Crippen molar-refractivity contribution in [3.05, 3.63) is 43.0 Å². The quantitative estimate of drug-likeness (QED) is 0.646. The molecule has 5 nitrogen and oxygen atoms in total. The van der Waals surface area contributed by atoms with Crippen LogP contribution < -0.4 is 10.2 Å². The molecule has 1 saturated heterocycles. The maximum Gasteiger partial charge on any atom is 0.335 e. The van der Waals surface area contributed by atoms with Gasteiger partial charge in [-0.25, -0.2) is 9.69 Å². The van der Waals surface area contributed by atoms with Crippen LogP contribution in [0, 0.1) is 5.92 Å². The number of nitrogens with one attached hydrogen (secondary N) is 1. The number of hydrogen-bond acceptors (Lipinski definition) is 3. The third kappa shape index (κ3) is 2.02. The number of hydrogen-bond donors (Lipinski definition) is 1. The maximum absolute atomic E-state index is 12.1. The van der Waals surface area contributed by atoms with Crippen molar-refractivity contribution in [1.82, 2.24) is 5.32 Å². The average molecular weight is 244 g/mol. The fourth-order valence-electron chi connectivity index (χ4n) is 1.81. The Bertz CT molecular complexity index is 510. The van der Waals surface area contributed by atoms with E-state index in [4.69, 9.17) is 0 Å². The number of carbonyl (C=O) groups excluding carboxylic acids is 3. The number of rotatable bonds is 3. The highest BCUT2D eigenvalue weighted by Crippen LogP contribution is 2.21. The summed E-state index contributed by atoms with van der Waals surface area (Å²) in [7, 11) is 0. The molecule has 2 rings (SSSR count). The van der Waals surface area contributed by atoms with E-state index in [0.717, 1.165) is 4.90 Å². The van der Waals surface area contributed by atoms with Crippen LogP contribution >= 0.6 is 0 Å². The van der Waals surface area contributed by atoms with E-state index in [1.165, 1.54) is 6.08 Å². The molecule has 18 heavy (non-hydrogen) atoms. The van der Waals surface area contributed by atoms with Crippen LogP contribution in [0.2, 0.25) is 0 Å².